The number of tetrazole rings is 1. The van der Waals surface area contributed by atoms with E-state index >= 15 is 0 Å². The van der Waals surface area contributed by atoms with Gasteiger partial charge in [0.25, 0.3) is 0 Å². The molecule has 8 heteroatoms. The normalized spacial score (nSPS) is 12.6. The summed E-state index contributed by atoms with van der Waals surface area (Å²) in [5.41, 5.74) is 6.15. The van der Waals surface area contributed by atoms with Crippen molar-refractivity contribution >= 4 is 28.7 Å². The van der Waals surface area contributed by atoms with E-state index in [2.05, 4.69) is 20.6 Å². The van der Waals surface area contributed by atoms with Crippen LogP contribution in [-0.2, 0) is 0 Å². The molecule has 0 bridgehead atoms. The highest BCUT2D eigenvalue weighted by Gasteiger charge is 2.13. The smallest absolute Gasteiger partial charge is 0.200 e. The Morgan fingerprint density at radius 1 is 1.59 bits per heavy atom. The highest BCUT2D eigenvalue weighted by atomic mass is 32.1. The van der Waals surface area contributed by atoms with Crippen molar-refractivity contribution in [2.45, 2.75) is 19.4 Å². The van der Waals surface area contributed by atoms with Crippen LogP contribution in [0.25, 0.3) is 5.65 Å². The van der Waals surface area contributed by atoms with Crippen LogP contribution >= 0.6 is 12.2 Å². The zero-order chi connectivity index (χ0) is 12.4. The SMILES string of the molecule is CC(CC(N)=S)N(C)c1ccc2nnnn2n1. The number of thiocarbonyl (C=S) groups is 1. The first-order valence-corrected chi connectivity index (χ1v) is 5.55. The molecule has 0 aliphatic carbocycles. The first kappa shape index (κ1) is 11.6. The van der Waals surface area contributed by atoms with Crippen molar-refractivity contribution in [1.29, 1.82) is 0 Å². The summed E-state index contributed by atoms with van der Waals surface area (Å²) in [5, 5.41) is 15.4. The lowest BCUT2D eigenvalue weighted by Gasteiger charge is -2.25. The fourth-order valence-corrected chi connectivity index (χ4v) is 1.72. The van der Waals surface area contributed by atoms with Gasteiger partial charge in [-0.15, -0.1) is 14.8 Å². The third kappa shape index (κ3) is 2.47. The molecule has 0 radical (unpaired) electrons. The summed E-state index contributed by atoms with van der Waals surface area (Å²) >= 11 is 4.90. The largest absolute Gasteiger partial charge is 0.393 e. The summed E-state index contributed by atoms with van der Waals surface area (Å²) in [5.74, 6) is 0.772. The summed E-state index contributed by atoms with van der Waals surface area (Å²) < 4.78 is 1.39. The number of hydrogen-bond donors (Lipinski definition) is 1. The van der Waals surface area contributed by atoms with Gasteiger partial charge in [-0.2, -0.15) is 0 Å². The molecule has 0 aromatic carbocycles. The topological polar surface area (TPSA) is 85.2 Å². The van der Waals surface area contributed by atoms with Gasteiger partial charge in [0.05, 0.1) is 4.99 Å². The predicted octanol–water partition coefficient (Wildman–Crippen LogP) is 0.0202. The molecule has 0 saturated carbocycles. The minimum Gasteiger partial charge on any atom is -0.393 e. The van der Waals surface area contributed by atoms with Crippen LogP contribution in [0.2, 0.25) is 0 Å². The lowest BCUT2D eigenvalue weighted by molar-refractivity contribution is 0.672. The van der Waals surface area contributed by atoms with Crippen molar-refractivity contribution in [3.63, 3.8) is 0 Å². The average molecular weight is 251 g/mol. The van der Waals surface area contributed by atoms with Crippen molar-refractivity contribution in [2.24, 2.45) is 5.73 Å². The first-order valence-electron chi connectivity index (χ1n) is 5.14. The Hall–Kier alpha value is -1.83. The second kappa shape index (κ2) is 4.58. The maximum atomic E-state index is 5.53. The molecule has 0 aliphatic heterocycles. The van der Waals surface area contributed by atoms with Gasteiger partial charge in [0.1, 0.15) is 0 Å². The first-order chi connectivity index (χ1) is 8.08. The van der Waals surface area contributed by atoms with E-state index in [1.165, 1.54) is 4.63 Å². The molecule has 0 fully saturated rings. The summed E-state index contributed by atoms with van der Waals surface area (Å²) in [7, 11) is 1.93. The number of fused-ring (bicyclic) bond motifs is 1. The molecule has 0 aliphatic rings. The lowest BCUT2D eigenvalue weighted by Crippen LogP contribution is -2.33. The predicted molar refractivity (Wildman–Crippen MR) is 67.8 cm³/mol. The Labute approximate surface area is 104 Å². The Morgan fingerprint density at radius 3 is 3.06 bits per heavy atom. The van der Waals surface area contributed by atoms with E-state index in [1.54, 1.807) is 0 Å². The molecule has 2 heterocycles. The van der Waals surface area contributed by atoms with Gasteiger partial charge in [-0.25, -0.2) is 0 Å². The van der Waals surface area contributed by atoms with E-state index in [4.69, 9.17) is 18.0 Å². The number of anilines is 1. The highest BCUT2D eigenvalue weighted by Crippen LogP contribution is 2.13. The molecule has 0 saturated heterocycles. The van der Waals surface area contributed by atoms with E-state index in [-0.39, 0.29) is 6.04 Å². The van der Waals surface area contributed by atoms with E-state index in [0.29, 0.717) is 17.1 Å². The van der Waals surface area contributed by atoms with Gasteiger partial charge in [0.15, 0.2) is 11.5 Å². The fraction of sp³-hybridized carbons (Fsp3) is 0.444. The number of nitrogens with two attached hydrogens (primary N) is 1. The minimum absolute atomic E-state index is 0.175. The van der Waals surface area contributed by atoms with E-state index < -0.39 is 0 Å². The van der Waals surface area contributed by atoms with Crippen LogP contribution in [0.15, 0.2) is 12.1 Å². The molecule has 1 atom stereocenters. The Kier molecular flexibility index (Phi) is 3.14. The Morgan fingerprint density at radius 2 is 2.35 bits per heavy atom. The molecule has 7 nitrogen and oxygen atoms in total. The molecule has 2 aromatic rings. The molecule has 17 heavy (non-hydrogen) atoms. The molecule has 90 valence electrons. The summed E-state index contributed by atoms with van der Waals surface area (Å²) in [6.07, 6.45) is 0.640. The number of nitrogens with zero attached hydrogens (tertiary/aromatic N) is 6. The minimum atomic E-state index is 0.175. The van der Waals surface area contributed by atoms with Gasteiger partial charge < -0.3 is 10.6 Å². The number of hydrogen-bond acceptors (Lipinski definition) is 6. The van der Waals surface area contributed by atoms with Crippen molar-refractivity contribution in [3.8, 4) is 0 Å². The molecule has 1 unspecified atom stereocenters. The van der Waals surface area contributed by atoms with Gasteiger partial charge in [0, 0.05) is 19.5 Å². The van der Waals surface area contributed by atoms with Crippen LogP contribution in [-0.4, -0.2) is 43.3 Å². The van der Waals surface area contributed by atoms with Crippen LogP contribution in [0, 0.1) is 0 Å². The quantitative estimate of drug-likeness (QED) is 0.767. The molecule has 0 amide bonds. The summed E-state index contributed by atoms with van der Waals surface area (Å²) in [6, 6.07) is 3.85. The zero-order valence-electron chi connectivity index (χ0n) is 9.61. The van der Waals surface area contributed by atoms with Crippen LogP contribution in [0.3, 0.4) is 0 Å². The van der Waals surface area contributed by atoms with E-state index in [0.717, 1.165) is 5.82 Å². The Bertz CT molecular complexity index is 537. The van der Waals surface area contributed by atoms with Gasteiger partial charge >= 0.3 is 0 Å². The molecule has 2 N–H and O–H groups in total. The zero-order valence-corrected chi connectivity index (χ0v) is 10.4. The van der Waals surface area contributed by atoms with Gasteiger partial charge in [-0.1, -0.05) is 12.2 Å². The van der Waals surface area contributed by atoms with Crippen LogP contribution < -0.4 is 10.6 Å². The molecule has 0 spiro atoms. The van der Waals surface area contributed by atoms with Gasteiger partial charge in [-0.05, 0) is 29.5 Å². The highest BCUT2D eigenvalue weighted by molar-refractivity contribution is 7.80. The van der Waals surface area contributed by atoms with Crippen molar-refractivity contribution < 1.29 is 0 Å². The van der Waals surface area contributed by atoms with E-state index in [9.17, 15) is 0 Å². The van der Waals surface area contributed by atoms with Crippen molar-refractivity contribution in [3.05, 3.63) is 12.1 Å². The van der Waals surface area contributed by atoms with Crippen molar-refractivity contribution in [2.75, 3.05) is 11.9 Å². The van der Waals surface area contributed by atoms with Gasteiger partial charge in [-0.3, -0.25) is 0 Å². The van der Waals surface area contributed by atoms with E-state index in [1.807, 2.05) is 31.0 Å². The van der Waals surface area contributed by atoms with Gasteiger partial charge in [0.2, 0.25) is 0 Å². The molecular weight excluding hydrogens is 238 g/mol. The lowest BCUT2D eigenvalue weighted by atomic mass is 10.2. The second-order valence-electron chi connectivity index (χ2n) is 3.85. The third-order valence-corrected chi connectivity index (χ3v) is 2.74. The molecular formula is C9H13N7S. The second-order valence-corrected chi connectivity index (χ2v) is 4.37. The summed E-state index contributed by atoms with van der Waals surface area (Å²) in [6.45, 7) is 2.03. The fourth-order valence-electron chi connectivity index (χ4n) is 1.48. The summed E-state index contributed by atoms with van der Waals surface area (Å²) in [4.78, 5) is 2.48. The maximum Gasteiger partial charge on any atom is 0.200 e. The van der Waals surface area contributed by atoms with Crippen molar-refractivity contribution in [1.82, 2.24) is 25.3 Å². The van der Waals surface area contributed by atoms with Crippen LogP contribution in [0.4, 0.5) is 5.82 Å². The average Bonchev–Trinajstić information content (AvgIpc) is 2.73. The molecule has 2 aromatic heterocycles. The monoisotopic (exact) mass is 251 g/mol. The standard InChI is InChI=1S/C9H13N7S/c1-6(5-7(10)17)15(2)9-4-3-8-11-13-14-16(8)12-9/h3-4,6H,5H2,1-2H3,(H2,10,17). The van der Waals surface area contributed by atoms with Crippen LogP contribution in [0.1, 0.15) is 13.3 Å². The number of rotatable bonds is 4. The molecule has 2 rings (SSSR count). The number of aromatic nitrogens is 5. The maximum absolute atomic E-state index is 5.53. The third-order valence-electron chi connectivity index (χ3n) is 2.57. The van der Waals surface area contributed by atoms with Crippen LogP contribution in [0.5, 0.6) is 0 Å². The Balaban J connectivity index is 2.23.